The number of hydrogen-bond donors (Lipinski definition) is 2. The quantitative estimate of drug-likeness (QED) is 0.276. The van der Waals surface area contributed by atoms with Gasteiger partial charge < -0.3 is 15.0 Å². The van der Waals surface area contributed by atoms with Crippen LogP contribution in [0.5, 0.6) is 11.5 Å². The van der Waals surface area contributed by atoms with Crippen LogP contribution in [0.1, 0.15) is 10.4 Å². The van der Waals surface area contributed by atoms with E-state index in [1.54, 1.807) is 36.4 Å². The van der Waals surface area contributed by atoms with Gasteiger partial charge in [-0.1, -0.05) is 53.5 Å². The van der Waals surface area contributed by atoms with Crippen LogP contribution in [-0.2, 0) is 0 Å². The maximum absolute atomic E-state index is 12.9. The number of para-hydroxylation sites is 1. The van der Waals surface area contributed by atoms with Gasteiger partial charge in [0.2, 0.25) is 0 Å². The van der Waals surface area contributed by atoms with E-state index in [0.717, 1.165) is 16.6 Å². The average Bonchev–Trinajstić information content (AvgIpc) is 3.25. The van der Waals surface area contributed by atoms with Crippen molar-refractivity contribution in [3.8, 4) is 22.9 Å². The number of hydrogen-bond acceptors (Lipinski definition) is 3. The molecule has 0 unspecified atom stereocenters. The monoisotopic (exact) mass is 473 g/mol. The van der Waals surface area contributed by atoms with Crippen LogP contribution < -0.4 is 10.1 Å². The predicted molar refractivity (Wildman–Crippen MR) is 132 cm³/mol. The fourth-order valence-corrected chi connectivity index (χ4v) is 3.74. The summed E-state index contributed by atoms with van der Waals surface area (Å²) < 4.78 is 5.92. The number of imidazole rings is 1. The standard InChI is InChI=1S/C26H17Cl2N3O2/c27-18-10-12-21-22(14-18)30-25(29-21)16-6-8-17(9-7-16)26(32)31-23-15-19(28)11-13-24(23)33-20-4-2-1-3-5-20/h1-15H,(H,29,30)(H,31,32). The molecule has 162 valence electrons. The molecule has 0 saturated carbocycles. The van der Waals surface area contributed by atoms with Gasteiger partial charge in [-0.25, -0.2) is 4.98 Å². The second-order valence-corrected chi connectivity index (χ2v) is 8.21. The molecule has 33 heavy (non-hydrogen) atoms. The molecule has 0 aliphatic carbocycles. The summed E-state index contributed by atoms with van der Waals surface area (Å²) in [4.78, 5) is 20.7. The molecule has 0 bridgehead atoms. The molecule has 7 heteroatoms. The molecule has 1 amide bonds. The van der Waals surface area contributed by atoms with Gasteiger partial charge in [-0.2, -0.15) is 0 Å². The van der Waals surface area contributed by atoms with Crippen LogP contribution in [0.3, 0.4) is 0 Å². The number of H-pyrrole nitrogens is 1. The zero-order valence-electron chi connectivity index (χ0n) is 17.2. The first-order chi connectivity index (χ1) is 16.0. The number of nitrogens with zero attached hydrogens (tertiary/aromatic N) is 1. The van der Waals surface area contributed by atoms with E-state index in [1.165, 1.54) is 0 Å². The van der Waals surface area contributed by atoms with Crippen molar-refractivity contribution < 1.29 is 9.53 Å². The smallest absolute Gasteiger partial charge is 0.255 e. The number of anilines is 1. The molecular weight excluding hydrogens is 457 g/mol. The highest BCUT2D eigenvalue weighted by atomic mass is 35.5. The summed E-state index contributed by atoms with van der Waals surface area (Å²) in [6, 6.07) is 27.1. The third-order valence-corrected chi connectivity index (χ3v) is 5.50. The number of benzene rings is 4. The minimum atomic E-state index is -0.280. The minimum Gasteiger partial charge on any atom is -0.455 e. The highest BCUT2D eigenvalue weighted by Gasteiger charge is 2.13. The van der Waals surface area contributed by atoms with Crippen molar-refractivity contribution in [1.82, 2.24) is 9.97 Å². The second kappa shape index (κ2) is 8.98. The van der Waals surface area contributed by atoms with Crippen LogP contribution >= 0.6 is 23.2 Å². The lowest BCUT2D eigenvalue weighted by Gasteiger charge is -2.13. The Balaban J connectivity index is 1.36. The van der Waals surface area contributed by atoms with Crippen LogP contribution in [-0.4, -0.2) is 15.9 Å². The van der Waals surface area contributed by atoms with E-state index in [4.69, 9.17) is 27.9 Å². The van der Waals surface area contributed by atoms with Crippen molar-refractivity contribution in [2.75, 3.05) is 5.32 Å². The molecule has 0 saturated heterocycles. The number of nitrogens with one attached hydrogen (secondary N) is 2. The molecule has 2 N–H and O–H groups in total. The Morgan fingerprint density at radius 2 is 1.58 bits per heavy atom. The fourth-order valence-electron chi connectivity index (χ4n) is 3.40. The van der Waals surface area contributed by atoms with E-state index in [9.17, 15) is 4.79 Å². The van der Waals surface area contributed by atoms with E-state index in [2.05, 4.69) is 15.3 Å². The van der Waals surface area contributed by atoms with Gasteiger partial charge in [0.1, 0.15) is 11.6 Å². The lowest BCUT2D eigenvalue weighted by atomic mass is 10.1. The molecule has 5 nitrogen and oxygen atoms in total. The van der Waals surface area contributed by atoms with Crippen molar-refractivity contribution >= 4 is 45.8 Å². The van der Waals surface area contributed by atoms with Gasteiger partial charge >= 0.3 is 0 Å². The van der Waals surface area contributed by atoms with Crippen LogP contribution in [0.25, 0.3) is 22.4 Å². The minimum absolute atomic E-state index is 0.280. The first-order valence-electron chi connectivity index (χ1n) is 10.1. The SMILES string of the molecule is O=C(Nc1cc(Cl)ccc1Oc1ccccc1)c1ccc(-c2nc3ccc(Cl)cc3[nH]2)cc1. The van der Waals surface area contributed by atoms with Gasteiger partial charge in [-0.3, -0.25) is 4.79 Å². The molecule has 0 radical (unpaired) electrons. The van der Waals surface area contributed by atoms with Crippen molar-refractivity contribution in [2.45, 2.75) is 0 Å². The van der Waals surface area contributed by atoms with Gasteiger partial charge in [0.05, 0.1) is 16.7 Å². The van der Waals surface area contributed by atoms with Crippen molar-refractivity contribution in [1.29, 1.82) is 0 Å². The summed E-state index contributed by atoms with van der Waals surface area (Å²) in [5, 5.41) is 4.02. The Hall–Kier alpha value is -3.80. The number of fused-ring (bicyclic) bond motifs is 1. The Kier molecular flexibility index (Phi) is 5.73. The lowest BCUT2D eigenvalue weighted by Crippen LogP contribution is -2.12. The molecule has 0 aliphatic heterocycles. The third-order valence-electron chi connectivity index (χ3n) is 5.03. The van der Waals surface area contributed by atoms with E-state index in [0.29, 0.717) is 38.6 Å². The first-order valence-corrected chi connectivity index (χ1v) is 10.9. The lowest BCUT2D eigenvalue weighted by molar-refractivity contribution is 0.102. The van der Waals surface area contributed by atoms with E-state index in [-0.39, 0.29) is 5.91 Å². The van der Waals surface area contributed by atoms with Gasteiger partial charge in [-0.05, 0) is 60.7 Å². The van der Waals surface area contributed by atoms with Crippen molar-refractivity contribution in [3.63, 3.8) is 0 Å². The summed E-state index contributed by atoms with van der Waals surface area (Å²) in [7, 11) is 0. The van der Waals surface area contributed by atoms with Crippen LogP contribution in [0.4, 0.5) is 5.69 Å². The summed E-state index contributed by atoms with van der Waals surface area (Å²) in [6.45, 7) is 0. The predicted octanol–water partition coefficient (Wildman–Crippen LogP) is 7.58. The normalized spacial score (nSPS) is 10.8. The second-order valence-electron chi connectivity index (χ2n) is 7.33. The highest BCUT2D eigenvalue weighted by Crippen LogP contribution is 2.32. The number of ether oxygens (including phenoxy) is 1. The molecule has 0 fully saturated rings. The van der Waals surface area contributed by atoms with Crippen LogP contribution in [0.2, 0.25) is 10.0 Å². The van der Waals surface area contributed by atoms with Crippen molar-refractivity contribution in [3.05, 3.63) is 107 Å². The first kappa shape index (κ1) is 21.1. The molecule has 1 aromatic heterocycles. The number of rotatable bonds is 5. The van der Waals surface area contributed by atoms with Gasteiger partial charge in [0, 0.05) is 21.2 Å². The molecule has 5 aromatic rings. The summed E-state index contributed by atoms with van der Waals surface area (Å²) in [6.07, 6.45) is 0. The van der Waals surface area contributed by atoms with Gasteiger partial charge in [0.15, 0.2) is 5.75 Å². The summed E-state index contributed by atoms with van der Waals surface area (Å²) in [5.74, 6) is 1.58. The van der Waals surface area contributed by atoms with Crippen LogP contribution in [0, 0.1) is 0 Å². The molecule has 0 atom stereocenters. The van der Waals surface area contributed by atoms with E-state index < -0.39 is 0 Å². The molecular formula is C26H17Cl2N3O2. The Morgan fingerprint density at radius 1 is 0.848 bits per heavy atom. The number of aromatic nitrogens is 2. The zero-order chi connectivity index (χ0) is 22.8. The van der Waals surface area contributed by atoms with Crippen molar-refractivity contribution in [2.24, 2.45) is 0 Å². The number of halogens is 2. The molecule has 5 rings (SSSR count). The van der Waals surface area contributed by atoms with Crippen LogP contribution in [0.15, 0.2) is 91.0 Å². The Bertz CT molecular complexity index is 1450. The number of amides is 1. The summed E-state index contributed by atoms with van der Waals surface area (Å²) >= 11 is 12.2. The van der Waals surface area contributed by atoms with Gasteiger partial charge in [0.25, 0.3) is 5.91 Å². The molecule has 0 aliphatic rings. The average molecular weight is 474 g/mol. The fraction of sp³-hybridized carbons (Fsp3) is 0. The van der Waals surface area contributed by atoms with E-state index in [1.807, 2.05) is 54.6 Å². The molecule has 4 aromatic carbocycles. The largest absolute Gasteiger partial charge is 0.455 e. The number of carbonyl (C=O) groups is 1. The third kappa shape index (κ3) is 4.70. The highest BCUT2D eigenvalue weighted by molar-refractivity contribution is 6.31. The Labute approximate surface area is 200 Å². The molecule has 0 spiro atoms. The Morgan fingerprint density at radius 3 is 2.36 bits per heavy atom. The topological polar surface area (TPSA) is 67.0 Å². The maximum atomic E-state index is 12.9. The number of carbonyl (C=O) groups excluding carboxylic acids is 1. The van der Waals surface area contributed by atoms with E-state index >= 15 is 0 Å². The molecule has 1 heterocycles. The maximum Gasteiger partial charge on any atom is 0.255 e. The summed E-state index contributed by atoms with van der Waals surface area (Å²) in [5.41, 5.74) is 3.50. The van der Waals surface area contributed by atoms with Gasteiger partial charge in [-0.15, -0.1) is 0 Å². The zero-order valence-corrected chi connectivity index (χ0v) is 18.7. The number of aromatic amines is 1.